The van der Waals surface area contributed by atoms with Crippen LogP contribution in [0.15, 0.2) is 78.9 Å². The summed E-state index contributed by atoms with van der Waals surface area (Å²) in [6.07, 6.45) is 3.79. The fourth-order valence-electron chi connectivity index (χ4n) is 6.57. The zero-order valence-corrected chi connectivity index (χ0v) is 28.1. The summed E-state index contributed by atoms with van der Waals surface area (Å²) >= 11 is 0. The van der Waals surface area contributed by atoms with E-state index < -0.39 is 28.8 Å². The van der Waals surface area contributed by atoms with Crippen molar-refractivity contribution >= 4 is 23.5 Å². The van der Waals surface area contributed by atoms with Gasteiger partial charge in [-0.15, -0.1) is 0 Å². The van der Waals surface area contributed by atoms with Crippen molar-refractivity contribution in [3.05, 3.63) is 116 Å². The van der Waals surface area contributed by atoms with Gasteiger partial charge in [-0.25, -0.2) is 4.79 Å². The van der Waals surface area contributed by atoms with E-state index in [1.54, 1.807) is 12.1 Å². The van der Waals surface area contributed by atoms with E-state index in [1.165, 1.54) is 30.7 Å². The van der Waals surface area contributed by atoms with Crippen molar-refractivity contribution in [3.63, 3.8) is 0 Å². The lowest BCUT2D eigenvalue weighted by molar-refractivity contribution is -0.945. The number of hydrogen-bond acceptors (Lipinski definition) is 9. The van der Waals surface area contributed by atoms with Crippen molar-refractivity contribution in [2.24, 2.45) is 0 Å². The maximum atomic E-state index is 12.4. The maximum absolute atomic E-state index is 12.4. The summed E-state index contributed by atoms with van der Waals surface area (Å²) in [5, 5.41) is 22.1. The highest BCUT2D eigenvalue weighted by molar-refractivity contribution is 5.69. The van der Waals surface area contributed by atoms with Gasteiger partial charge < -0.3 is 23.2 Å². The molecule has 0 aromatic heterocycles. The zero-order valence-electron chi connectivity index (χ0n) is 28.1. The number of quaternary nitrogens is 2. The molecule has 0 bridgehead atoms. The molecular weight excluding hydrogens is 632 g/mol. The Bertz CT molecular complexity index is 1530. The first-order valence-electron chi connectivity index (χ1n) is 16.7. The number of hydrogen-bond donors (Lipinski definition) is 0. The summed E-state index contributed by atoms with van der Waals surface area (Å²) in [5.41, 5.74) is 3.25. The summed E-state index contributed by atoms with van der Waals surface area (Å²) in [6, 6.07) is 23.2. The van der Waals surface area contributed by atoms with Crippen LogP contribution < -0.4 is 0 Å². The molecule has 0 radical (unpaired) electrons. The molecule has 1 fully saturated rings. The molecule has 0 aliphatic carbocycles. The summed E-state index contributed by atoms with van der Waals surface area (Å²) in [7, 11) is 2.09. The number of rotatable bonds is 18. The first-order chi connectivity index (χ1) is 23.5. The highest BCUT2D eigenvalue weighted by Gasteiger charge is 2.30. The Morgan fingerprint density at radius 1 is 0.735 bits per heavy atom. The van der Waals surface area contributed by atoms with Gasteiger partial charge in [-0.1, -0.05) is 30.3 Å². The molecule has 49 heavy (non-hydrogen) atoms. The average Bonchev–Trinajstić information content (AvgIpc) is 3.08. The Morgan fingerprint density at radius 2 is 1.31 bits per heavy atom. The van der Waals surface area contributed by atoms with Crippen molar-refractivity contribution < 1.29 is 42.6 Å². The fraction of sp³-hybridized carbons (Fsp3) is 0.444. The first kappa shape index (κ1) is 36.9. The Labute approximate surface area is 286 Å². The Hall–Kier alpha value is -4.88. The van der Waals surface area contributed by atoms with Crippen LogP contribution in [0.1, 0.15) is 55.2 Å². The van der Waals surface area contributed by atoms with Crippen LogP contribution in [0.25, 0.3) is 0 Å². The van der Waals surface area contributed by atoms with Crippen LogP contribution in [0, 0.1) is 20.2 Å². The van der Waals surface area contributed by atoms with Gasteiger partial charge in [-0.3, -0.25) is 25.0 Å². The highest BCUT2D eigenvalue weighted by atomic mass is 16.8. The minimum Gasteiger partial charge on any atom is -0.434 e. The number of esters is 1. The van der Waals surface area contributed by atoms with Crippen molar-refractivity contribution in [1.82, 2.24) is 0 Å². The maximum Gasteiger partial charge on any atom is 0.511 e. The molecule has 0 spiro atoms. The van der Waals surface area contributed by atoms with E-state index in [9.17, 15) is 29.8 Å². The van der Waals surface area contributed by atoms with Crippen LogP contribution in [0.4, 0.5) is 16.2 Å². The molecule has 1 atom stereocenters. The average molecular weight is 679 g/mol. The molecule has 13 heteroatoms. The van der Waals surface area contributed by atoms with Gasteiger partial charge in [0.2, 0.25) is 6.79 Å². The van der Waals surface area contributed by atoms with E-state index in [1.807, 2.05) is 30.3 Å². The standard InChI is InChI=1S/C36H46N4O9/c1-39(26-30-10-4-2-5-11-30,27-31-13-17-33(18-14-31)37(43)44)21-9-25-47-36(42)49-29-48-35(41)12-8-24-40(22-6-3-7-23-40)28-32-15-19-34(20-16-32)38(45)46/h2,4-5,10-11,13-20H,3,6-9,12,21-29H2,1H3/q+2. The number of ether oxygens (including phenoxy) is 3. The third-order valence-corrected chi connectivity index (χ3v) is 9.02. The molecule has 262 valence electrons. The van der Waals surface area contributed by atoms with Crippen molar-refractivity contribution in [1.29, 1.82) is 0 Å². The van der Waals surface area contributed by atoms with Gasteiger partial charge in [-0.2, -0.15) is 0 Å². The second-order valence-corrected chi connectivity index (χ2v) is 13.1. The number of carbonyl (C=O) groups excluding carboxylic acids is 2. The van der Waals surface area contributed by atoms with Crippen molar-refractivity contribution in [2.75, 3.05) is 46.6 Å². The second-order valence-electron chi connectivity index (χ2n) is 13.1. The lowest BCUT2D eigenvalue weighted by Crippen LogP contribution is -2.51. The summed E-state index contributed by atoms with van der Waals surface area (Å²) in [6.45, 7) is 5.11. The third-order valence-electron chi connectivity index (χ3n) is 9.02. The molecule has 13 nitrogen and oxygen atoms in total. The molecule has 0 amide bonds. The predicted octanol–water partition coefficient (Wildman–Crippen LogP) is 6.67. The number of carbonyl (C=O) groups is 2. The topological polar surface area (TPSA) is 148 Å². The number of nitro benzene ring substituents is 2. The molecule has 1 aliphatic rings. The van der Waals surface area contributed by atoms with Crippen molar-refractivity contribution in [3.8, 4) is 0 Å². The SMILES string of the molecule is C[N+](CCCOC(=O)OCOC(=O)CCC[N+]1(Cc2ccc([N+](=O)[O-])cc2)CCCCC1)(Cc1ccccc1)Cc1ccc([N+](=O)[O-])cc1. The molecule has 0 N–H and O–H groups in total. The van der Waals surface area contributed by atoms with E-state index in [4.69, 9.17) is 14.2 Å². The summed E-state index contributed by atoms with van der Waals surface area (Å²) < 4.78 is 16.7. The number of piperidine rings is 1. The van der Waals surface area contributed by atoms with Gasteiger partial charge >= 0.3 is 12.1 Å². The van der Waals surface area contributed by atoms with E-state index in [-0.39, 0.29) is 24.4 Å². The van der Waals surface area contributed by atoms with Crippen molar-refractivity contribution in [2.45, 2.75) is 58.2 Å². The molecule has 4 rings (SSSR count). The summed E-state index contributed by atoms with van der Waals surface area (Å²) in [5.74, 6) is -0.460. The van der Waals surface area contributed by atoms with Crippen LogP contribution in [-0.4, -0.2) is 77.6 Å². The number of nitro groups is 2. The fourth-order valence-corrected chi connectivity index (χ4v) is 6.57. The summed E-state index contributed by atoms with van der Waals surface area (Å²) in [4.78, 5) is 45.8. The van der Waals surface area contributed by atoms with Crippen LogP contribution in [0.5, 0.6) is 0 Å². The highest BCUT2D eigenvalue weighted by Crippen LogP contribution is 2.25. The third kappa shape index (κ3) is 12.3. The van der Waals surface area contributed by atoms with E-state index in [2.05, 4.69) is 19.2 Å². The van der Waals surface area contributed by atoms with Gasteiger partial charge in [0.1, 0.15) is 26.2 Å². The van der Waals surface area contributed by atoms with Crippen LogP contribution >= 0.6 is 0 Å². The minimum absolute atomic E-state index is 0.0440. The molecule has 3 aromatic rings. The van der Waals surface area contributed by atoms with Crippen LogP contribution in [0.2, 0.25) is 0 Å². The number of non-ortho nitro benzene ring substituents is 2. The molecule has 1 saturated heterocycles. The van der Waals surface area contributed by atoms with Gasteiger partial charge in [0.05, 0.1) is 49.5 Å². The minimum atomic E-state index is -0.915. The van der Waals surface area contributed by atoms with Gasteiger partial charge in [0, 0.05) is 53.8 Å². The normalized spacial score (nSPS) is 15.0. The monoisotopic (exact) mass is 678 g/mol. The lowest BCUT2D eigenvalue weighted by Gasteiger charge is -2.41. The lowest BCUT2D eigenvalue weighted by atomic mass is 10.0. The first-order valence-corrected chi connectivity index (χ1v) is 16.7. The van der Waals surface area contributed by atoms with Gasteiger partial charge in [0.15, 0.2) is 0 Å². The number of nitrogens with zero attached hydrogens (tertiary/aromatic N) is 4. The largest absolute Gasteiger partial charge is 0.511 e. The van der Waals surface area contributed by atoms with Gasteiger partial charge in [0.25, 0.3) is 11.4 Å². The number of benzene rings is 3. The quantitative estimate of drug-likeness (QED) is 0.0359. The van der Waals surface area contributed by atoms with Crippen LogP contribution in [0.3, 0.4) is 0 Å². The molecular formula is C36H46N4O9+2. The smallest absolute Gasteiger partial charge is 0.434 e. The Morgan fingerprint density at radius 3 is 1.90 bits per heavy atom. The van der Waals surface area contributed by atoms with Crippen LogP contribution in [-0.2, 0) is 38.6 Å². The Balaban J connectivity index is 1.16. The Kier molecular flexibility index (Phi) is 13.6. The van der Waals surface area contributed by atoms with E-state index in [0.29, 0.717) is 30.4 Å². The van der Waals surface area contributed by atoms with E-state index in [0.717, 1.165) is 66.7 Å². The zero-order chi connectivity index (χ0) is 35.1. The second kappa shape index (κ2) is 18.0. The predicted molar refractivity (Wildman–Crippen MR) is 181 cm³/mol. The molecule has 3 aromatic carbocycles. The molecule has 0 saturated carbocycles. The van der Waals surface area contributed by atoms with Gasteiger partial charge in [-0.05, 0) is 43.5 Å². The molecule has 1 heterocycles. The molecule has 1 aliphatic heterocycles. The van der Waals surface area contributed by atoms with E-state index >= 15 is 0 Å². The number of likely N-dealkylation sites (tertiary alicyclic amines) is 1. The molecule has 1 unspecified atom stereocenters.